The zero-order valence-electron chi connectivity index (χ0n) is 26.4. The minimum Gasteiger partial charge on any atom is -0.289 e. The highest BCUT2D eigenvalue weighted by Crippen LogP contribution is 2.18. The van der Waals surface area contributed by atoms with Crippen molar-refractivity contribution in [3.05, 3.63) is 213 Å². The van der Waals surface area contributed by atoms with E-state index in [0.29, 0.717) is 22.3 Å². The van der Waals surface area contributed by atoms with Gasteiger partial charge in [0.25, 0.3) is 0 Å². The Bertz CT molecular complexity index is 2100. The topological polar surface area (TPSA) is 119 Å². The molecule has 6 aromatic rings. The number of carbonyl (C=O) groups excluding carboxylic acids is 7. The Balaban J connectivity index is 1.07. The van der Waals surface area contributed by atoms with E-state index in [1.54, 1.807) is 60.7 Å². The molecule has 0 aliphatic carbocycles. The van der Waals surface area contributed by atoms with Crippen molar-refractivity contribution in [2.45, 2.75) is 0 Å². The standard InChI is InChI=1S/C43H26O7/c44-37(27-7-3-1-4-8-27)29-11-19-33(20-12-29)40(47)42(49)35-23-15-31(16-24-35)39(46)32-17-25-36(26-18-32)43(50)41(48)34-21-13-30(14-22-34)38(45)28-9-5-2-6-10-28/h1-26H. The number of ketones is 7. The molecule has 0 saturated heterocycles. The van der Waals surface area contributed by atoms with Crippen LogP contribution in [-0.4, -0.2) is 40.5 Å². The van der Waals surface area contributed by atoms with Crippen molar-refractivity contribution in [2.75, 3.05) is 0 Å². The molecule has 0 heterocycles. The zero-order valence-corrected chi connectivity index (χ0v) is 26.4. The van der Waals surface area contributed by atoms with Gasteiger partial charge in [0.2, 0.25) is 23.1 Å². The summed E-state index contributed by atoms with van der Waals surface area (Å²) in [5, 5.41) is 0. The maximum Gasteiger partial charge on any atom is 0.233 e. The lowest BCUT2D eigenvalue weighted by atomic mass is 9.95. The molecule has 50 heavy (non-hydrogen) atoms. The molecule has 7 nitrogen and oxygen atoms in total. The first-order chi connectivity index (χ1) is 24.2. The lowest BCUT2D eigenvalue weighted by molar-refractivity contribution is 0.0817. The summed E-state index contributed by atoms with van der Waals surface area (Å²) in [6.07, 6.45) is 0. The van der Waals surface area contributed by atoms with E-state index in [4.69, 9.17) is 0 Å². The lowest BCUT2D eigenvalue weighted by Crippen LogP contribution is -2.15. The molecule has 0 spiro atoms. The van der Waals surface area contributed by atoms with E-state index in [9.17, 15) is 33.6 Å². The number of benzene rings is 6. The summed E-state index contributed by atoms with van der Waals surface area (Å²) in [6, 6.07) is 40.4. The first kappa shape index (κ1) is 32.9. The number of hydrogen-bond acceptors (Lipinski definition) is 7. The van der Waals surface area contributed by atoms with Gasteiger partial charge in [0.05, 0.1) is 0 Å². The average molecular weight is 655 g/mol. The third kappa shape index (κ3) is 6.98. The van der Waals surface area contributed by atoms with Crippen LogP contribution in [0, 0.1) is 0 Å². The number of Topliss-reactive ketones (excluding diaryl/α,β-unsaturated/α-hetero) is 4. The number of carbonyl (C=O) groups is 7. The lowest BCUT2D eigenvalue weighted by Gasteiger charge is -2.06. The van der Waals surface area contributed by atoms with Crippen molar-refractivity contribution < 1.29 is 33.6 Å². The molecule has 0 aromatic heterocycles. The number of hydrogen-bond donors (Lipinski definition) is 0. The Morgan fingerprint density at radius 1 is 0.200 bits per heavy atom. The van der Waals surface area contributed by atoms with Crippen molar-refractivity contribution in [3.8, 4) is 0 Å². The molecule has 0 bridgehead atoms. The van der Waals surface area contributed by atoms with Gasteiger partial charge in [0.15, 0.2) is 17.3 Å². The van der Waals surface area contributed by atoms with Crippen molar-refractivity contribution in [1.29, 1.82) is 0 Å². The van der Waals surface area contributed by atoms with Gasteiger partial charge in [-0.3, -0.25) is 33.6 Å². The summed E-state index contributed by atoms with van der Waals surface area (Å²) in [7, 11) is 0. The second-order valence-electron chi connectivity index (χ2n) is 11.3. The minimum atomic E-state index is -0.767. The molecule has 240 valence electrons. The fourth-order valence-corrected chi connectivity index (χ4v) is 5.30. The van der Waals surface area contributed by atoms with Crippen molar-refractivity contribution in [3.63, 3.8) is 0 Å². The Kier molecular flexibility index (Phi) is 9.49. The molecular weight excluding hydrogens is 628 g/mol. The highest BCUT2D eigenvalue weighted by Gasteiger charge is 2.22. The summed E-state index contributed by atoms with van der Waals surface area (Å²) in [5.74, 6) is -3.84. The van der Waals surface area contributed by atoms with Crippen molar-refractivity contribution >= 4 is 40.5 Å². The molecule has 0 fully saturated rings. The molecule has 0 amide bonds. The van der Waals surface area contributed by atoms with Gasteiger partial charge in [0, 0.05) is 55.6 Å². The molecule has 0 aliphatic heterocycles. The fourth-order valence-electron chi connectivity index (χ4n) is 5.30. The average Bonchev–Trinajstić information content (AvgIpc) is 3.19. The van der Waals surface area contributed by atoms with Crippen LogP contribution >= 0.6 is 0 Å². The molecular formula is C43H26O7. The highest BCUT2D eigenvalue weighted by atomic mass is 16.2. The molecule has 0 aliphatic rings. The molecule has 0 N–H and O–H groups in total. The Hall–Kier alpha value is -6.99. The zero-order chi connectivity index (χ0) is 35.2. The second kappa shape index (κ2) is 14.4. The fraction of sp³-hybridized carbons (Fsp3) is 0. The Labute approximate surface area is 286 Å². The SMILES string of the molecule is O=C(C(=O)c1ccc(C(=O)c2ccc(C(=O)C(=O)c3ccc(C(=O)c4ccccc4)cc3)cc2)cc1)c1ccc(C(=O)c2ccccc2)cc1. The molecule has 0 atom stereocenters. The summed E-state index contributed by atoms with van der Waals surface area (Å²) in [5.41, 5.74) is 2.72. The van der Waals surface area contributed by atoms with Gasteiger partial charge in [-0.1, -0.05) is 158 Å². The minimum absolute atomic E-state index is 0.0907. The third-order valence-corrected chi connectivity index (χ3v) is 8.12. The predicted octanol–water partition coefficient (Wildman–Crippen LogP) is 7.51. The van der Waals surface area contributed by atoms with E-state index in [-0.39, 0.29) is 44.9 Å². The Morgan fingerprint density at radius 2 is 0.360 bits per heavy atom. The van der Waals surface area contributed by atoms with Gasteiger partial charge in [-0.2, -0.15) is 0 Å². The van der Waals surface area contributed by atoms with Gasteiger partial charge < -0.3 is 0 Å². The van der Waals surface area contributed by atoms with Crippen molar-refractivity contribution in [2.24, 2.45) is 0 Å². The Morgan fingerprint density at radius 3 is 0.560 bits per heavy atom. The first-order valence-corrected chi connectivity index (χ1v) is 15.5. The number of rotatable bonds is 12. The molecule has 6 rings (SSSR count). The van der Waals surface area contributed by atoms with Crippen LogP contribution < -0.4 is 0 Å². The predicted molar refractivity (Wildman–Crippen MR) is 186 cm³/mol. The van der Waals surface area contributed by atoms with Gasteiger partial charge in [-0.25, -0.2) is 0 Å². The van der Waals surface area contributed by atoms with E-state index in [1.807, 2.05) is 0 Å². The normalized spacial score (nSPS) is 10.6. The van der Waals surface area contributed by atoms with Gasteiger partial charge in [0.1, 0.15) is 0 Å². The van der Waals surface area contributed by atoms with Crippen molar-refractivity contribution in [1.82, 2.24) is 0 Å². The van der Waals surface area contributed by atoms with Crippen LogP contribution in [0.3, 0.4) is 0 Å². The van der Waals surface area contributed by atoms with E-state index in [2.05, 4.69) is 0 Å². The molecule has 6 aromatic carbocycles. The summed E-state index contributed by atoms with van der Waals surface area (Å²) >= 11 is 0. The maximum atomic E-state index is 13.1. The van der Waals surface area contributed by atoms with E-state index in [1.165, 1.54) is 97.1 Å². The van der Waals surface area contributed by atoms with Crippen LogP contribution in [-0.2, 0) is 0 Å². The van der Waals surface area contributed by atoms with Crippen LogP contribution in [0.25, 0.3) is 0 Å². The molecule has 0 saturated carbocycles. The molecule has 7 heteroatoms. The highest BCUT2D eigenvalue weighted by molar-refractivity contribution is 6.50. The summed E-state index contributed by atoms with van der Waals surface area (Å²) in [6.45, 7) is 0. The van der Waals surface area contributed by atoms with Crippen LogP contribution in [0.15, 0.2) is 158 Å². The third-order valence-electron chi connectivity index (χ3n) is 8.12. The van der Waals surface area contributed by atoms with Gasteiger partial charge in [-0.15, -0.1) is 0 Å². The smallest absolute Gasteiger partial charge is 0.233 e. The van der Waals surface area contributed by atoms with E-state index >= 15 is 0 Å². The van der Waals surface area contributed by atoms with Crippen LogP contribution in [0.2, 0.25) is 0 Å². The second-order valence-corrected chi connectivity index (χ2v) is 11.3. The monoisotopic (exact) mass is 654 g/mol. The molecule has 0 unspecified atom stereocenters. The van der Waals surface area contributed by atoms with Crippen LogP contribution in [0.1, 0.15) is 89.2 Å². The van der Waals surface area contributed by atoms with Gasteiger partial charge in [-0.05, 0) is 0 Å². The first-order valence-electron chi connectivity index (χ1n) is 15.5. The maximum absolute atomic E-state index is 13.1. The summed E-state index contributed by atoms with van der Waals surface area (Å²) < 4.78 is 0. The quantitative estimate of drug-likeness (QED) is 0.0990. The summed E-state index contributed by atoms with van der Waals surface area (Å²) in [4.78, 5) is 90.1. The molecule has 0 radical (unpaired) electrons. The van der Waals surface area contributed by atoms with Crippen LogP contribution in [0.4, 0.5) is 0 Å². The van der Waals surface area contributed by atoms with Crippen LogP contribution in [0.5, 0.6) is 0 Å². The van der Waals surface area contributed by atoms with E-state index in [0.717, 1.165) is 0 Å². The van der Waals surface area contributed by atoms with Gasteiger partial charge >= 0.3 is 0 Å². The largest absolute Gasteiger partial charge is 0.289 e. The van der Waals surface area contributed by atoms with E-state index < -0.39 is 28.9 Å².